The molecule has 11 nitrogen and oxygen atoms in total. The summed E-state index contributed by atoms with van der Waals surface area (Å²) in [6, 6.07) is 2.90. The third-order valence-corrected chi connectivity index (χ3v) is 9.79. The molecule has 0 bridgehead atoms. The number of ether oxygens (including phenoxy) is 2. The Morgan fingerprint density at radius 2 is 1.90 bits per heavy atom. The average molecular weight is 604 g/mol. The Kier molecular flexibility index (Phi) is 9.00. The molecule has 41 heavy (non-hydrogen) atoms. The number of hydrogen-bond donors (Lipinski definition) is 1. The van der Waals surface area contributed by atoms with Crippen LogP contribution in [0.1, 0.15) is 37.1 Å². The maximum atomic E-state index is 12.1. The second-order valence-electron chi connectivity index (χ2n) is 11.2. The van der Waals surface area contributed by atoms with Crippen molar-refractivity contribution in [3.8, 4) is 17.1 Å². The summed E-state index contributed by atoms with van der Waals surface area (Å²) in [5, 5.41) is 0. The van der Waals surface area contributed by atoms with E-state index >= 15 is 0 Å². The van der Waals surface area contributed by atoms with E-state index in [0.29, 0.717) is 49.9 Å². The summed E-state index contributed by atoms with van der Waals surface area (Å²) < 4.78 is 38.6. The number of aryl methyl sites for hydroxylation is 1. The lowest BCUT2D eigenvalue weighted by Gasteiger charge is -2.38. The van der Waals surface area contributed by atoms with Crippen molar-refractivity contribution in [3.63, 3.8) is 0 Å². The predicted molar refractivity (Wildman–Crippen MR) is 165 cm³/mol. The van der Waals surface area contributed by atoms with E-state index in [1.807, 2.05) is 0 Å². The minimum Gasteiger partial charge on any atom is -0.480 e. The first-order valence-electron chi connectivity index (χ1n) is 14.1. The normalized spacial score (nSPS) is 17.6. The molecule has 1 N–H and O–H groups in total. The van der Waals surface area contributed by atoms with Crippen molar-refractivity contribution in [3.05, 3.63) is 22.7 Å². The zero-order chi connectivity index (χ0) is 29.3. The summed E-state index contributed by atoms with van der Waals surface area (Å²) in [6.07, 6.45) is 5.10. The molecule has 224 valence electrons. The molecular weight excluding hydrogens is 562 g/mol. The molecule has 0 radical (unpaired) electrons. The largest absolute Gasteiger partial charge is 0.480 e. The van der Waals surface area contributed by atoms with Gasteiger partial charge < -0.3 is 19.3 Å². The summed E-state index contributed by atoms with van der Waals surface area (Å²) >= 11 is 1.68. The van der Waals surface area contributed by atoms with E-state index in [1.165, 1.54) is 17.6 Å². The van der Waals surface area contributed by atoms with E-state index in [9.17, 15) is 8.42 Å². The molecule has 13 heteroatoms. The number of hydrogen-bond acceptors (Lipinski definition) is 11. The summed E-state index contributed by atoms with van der Waals surface area (Å²) in [5.41, 5.74) is 3.89. The molecule has 5 rings (SSSR count). The number of nitrogens with one attached hydrogen (secondary N) is 1. The predicted octanol–water partition coefficient (Wildman–Crippen LogP) is 3.58. The van der Waals surface area contributed by atoms with Crippen LogP contribution in [0.5, 0.6) is 5.88 Å². The number of morpholine rings is 1. The number of aromatic nitrogens is 3. The Bertz CT molecular complexity index is 1480. The molecule has 2 saturated heterocycles. The second-order valence-corrected chi connectivity index (χ2v) is 14.2. The number of fused-ring (bicyclic) bond motifs is 1. The Hall–Kier alpha value is -2.58. The summed E-state index contributed by atoms with van der Waals surface area (Å²) in [5.74, 6) is 0.855. The highest BCUT2D eigenvalue weighted by molar-refractivity contribution is 7.92. The van der Waals surface area contributed by atoms with Crippen LogP contribution in [0.2, 0.25) is 0 Å². The lowest BCUT2D eigenvalue weighted by molar-refractivity contribution is 0.104. The summed E-state index contributed by atoms with van der Waals surface area (Å²) in [4.78, 5) is 23.0. The zero-order valence-corrected chi connectivity index (χ0v) is 26.4. The molecule has 0 saturated carbocycles. The molecule has 0 spiro atoms. The maximum absolute atomic E-state index is 12.1. The molecule has 5 heterocycles. The molecule has 3 aromatic heterocycles. The molecule has 3 aromatic rings. The van der Waals surface area contributed by atoms with Crippen molar-refractivity contribution in [2.75, 3.05) is 69.4 Å². The lowest BCUT2D eigenvalue weighted by Crippen LogP contribution is -2.45. The number of anilines is 2. The van der Waals surface area contributed by atoms with Gasteiger partial charge in [-0.1, -0.05) is 0 Å². The van der Waals surface area contributed by atoms with Crippen molar-refractivity contribution in [1.82, 2.24) is 24.8 Å². The molecule has 2 aliphatic heterocycles. The monoisotopic (exact) mass is 603 g/mol. The topological polar surface area (TPSA) is 113 Å². The SMILES string of the molecule is COc1ncc(-c2nc(N3CCOCC3)nc3c(CN4CCC(N(C)C(C)C)CC4)c(C)sc23)cc1NS(C)(=O)=O. The van der Waals surface area contributed by atoms with Crippen LogP contribution in [0.15, 0.2) is 12.3 Å². The van der Waals surface area contributed by atoms with Gasteiger partial charge >= 0.3 is 0 Å². The van der Waals surface area contributed by atoms with Gasteiger partial charge in [0.25, 0.3) is 0 Å². The fraction of sp³-hybridized carbons (Fsp3) is 0.607. The fourth-order valence-corrected chi connectivity index (χ4v) is 7.22. The van der Waals surface area contributed by atoms with Crippen LogP contribution in [0.3, 0.4) is 0 Å². The highest BCUT2D eigenvalue weighted by atomic mass is 32.2. The van der Waals surface area contributed by atoms with Gasteiger partial charge in [0.15, 0.2) is 0 Å². The van der Waals surface area contributed by atoms with E-state index in [2.05, 4.69) is 52.2 Å². The van der Waals surface area contributed by atoms with Crippen LogP contribution in [-0.2, 0) is 21.3 Å². The number of sulfonamides is 1. The van der Waals surface area contributed by atoms with E-state index < -0.39 is 10.0 Å². The van der Waals surface area contributed by atoms with Gasteiger partial charge in [-0.15, -0.1) is 11.3 Å². The Labute approximate surface area is 246 Å². The van der Waals surface area contributed by atoms with Crippen LogP contribution >= 0.6 is 11.3 Å². The number of piperidine rings is 1. The van der Waals surface area contributed by atoms with Gasteiger partial charge in [-0.2, -0.15) is 0 Å². The Morgan fingerprint density at radius 1 is 1.20 bits per heavy atom. The van der Waals surface area contributed by atoms with E-state index in [-0.39, 0.29) is 11.6 Å². The van der Waals surface area contributed by atoms with Crippen LogP contribution in [-0.4, -0.2) is 105 Å². The van der Waals surface area contributed by atoms with E-state index in [0.717, 1.165) is 54.6 Å². The van der Waals surface area contributed by atoms with Gasteiger partial charge in [-0.05, 0) is 59.8 Å². The van der Waals surface area contributed by atoms with Crippen LogP contribution in [0, 0.1) is 6.92 Å². The van der Waals surface area contributed by atoms with Crippen molar-refractivity contribution in [2.24, 2.45) is 0 Å². The molecule has 0 aromatic carbocycles. The van der Waals surface area contributed by atoms with Gasteiger partial charge in [0.2, 0.25) is 21.9 Å². The van der Waals surface area contributed by atoms with Gasteiger partial charge in [0, 0.05) is 53.9 Å². The molecule has 2 fully saturated rings. The first-order valence-corrected chi connectivity index (χ1v) is 16.8. The molecule has 2 aliphatic rings. The van der Waals surface area contributed by atoms with Crippen molar-refractivity contribution in [2.45, 2.75) is 52.2 Å². The third-order valence-electron chi connectivity index (χ3n) is 8.06. The minimum absolute atomic E-state index is 0.201. The van der Waals surface area contributed by atoms with Gasteiger partial charge in [-0.3, -0.25) is 9.62 Å². The Balaban J connectivity index is 1.54. The quantitative estimate of drug-likeness (QED) is 0.389. The van der Waals surface area contributed by atoms with Crippen molar-refractivity contribution >= 4 is 43.2 Å². The van der Waals surface area contributed by atoms with Gasteiger partial charge in [0.05, 0.1) is 42.5 Å². The molecule has 0 unspecified atom stereocenters. The highest BCUT2D eigenvalue weighted by Gasteiger charge is 2.27. The summed E-state index contributed by atoms with van der Waals surface area (Å²) in [6.45, 7) is 12.3. The van der Waals surface area contributed by atoms with Gasteiger partial charge in [0.1, 0.15) is 5.69 Å². The Morgan fingerprint density at radius 3 is 2.54 bits per heavy atom. The number of likely N-dealkylation sites (tertiary alicyclic amines) is 1. The zero-order valence-electron chi connectivity index (χ0n) is 24.8. The van der Waals surface area contributed by atoms with E-state index in [4.69, 9.17) is 19.4 Å². The number of thiophene rings is 1. The summed E-state index contributed by atoms with van der Waals surface area (Å²) in [7, 11) is 0.159. The van der Waals surface area contributed by atoms with Crippen LogP contribution < -0.4 is 14.4 Å². The molecular formula is C28H41N7O4S2. The minimum atomic E-state index is -3.54. The maximum Gasteiger partial charge on any atom is 0.238 e. The second kappa shape index (κ2) is 12.3. The smallest absolute Gasteiger partial charge is 0.238 e. The lowest BCUT2D eigenvalue weighted by atomic mass is 10.0. The average Bonchev–Trinajstić information content (AvgIpc) is 3.26. The standard InChI is InChI=1S/C28H41N7O4S2/c1-18(2)33(4)21-7-9-34(10-8-21)17-22-19(3)40-26-24(30-28(31-25(22)26)35-11-13-39-14-12-35)20-15-23(32-41(6,36)37)27(38-5)29-16-20/h15-16,18,21,32H,7-14,17H2,1-6H3. The number of methoxy groups -OCH3 is 1. The van der Waals surface area contributed by atoms with Crippen LogP contribution in [0.4, 0.5) is 11.6 Å². The number of rotatable bonds is 9. The first kappa shape index (κ1) is 29.9. The van der Waals surface area contributed by atoms with E-state index in [1.54, 1.807) is 23.6 Å². The first-order chi connectivity index (χ1) is 19.5. The van der Waals surface area contributed by atoms with Gasteiger partial charge in [-0.25, -0.2) is 23.4 Å². The molecule has 0 atom stereocenters. The third kappa shape index (κ3) is 6.75. The fourth-order valence-electron chi connectivity index (χ4n) is 5.56. The van der Waals surface area contributed by atoms with Crippen molar-refractivity contribution < 1.29 is 17.9 Å². The molecule has 0 amide bonds. The van der Waals surface area contributed by atoms with Crippen LogP contribution in [0.25, 0.3) is 21.5 Å². The van der Waals surface area contributed by atoms with Crippen molar-refractivity contribution in [1.29, 1.82) is 0 Å². The highest BCUT2D eigenvalue weighted by Crippen LogP contribution is 2.39. The number of nitrogens with zero attached hydrogens (tertiary/aromatic N) is 6. The molecule has 0 aliphatic carbocycles. The number of pyridine rings is 1.